The zero-order chi connectivity index (χ0) is 9.14. The van der Waals surface area contributed by atoms with E-state index < -0.39 is 12.5 Å². The fourth-order valence-electron chi connectivity index (χ4n) is 0.600. The molecule has 1 unspecified atom stereocenters. The highest BCUT2D eigenvalue weighted by atomic mass is 32.1. The van der Waals surface area contributed by atoms with Gasteiger partial charge in [-0.25, -0.2) is 13.8 Å². The maximum atomic E-state index is 11.9. The van der Waals surface area contributed by atoms with Crippen LogP contribution in [-0.4, -0.2) is 22.8 Å². The number of thiazole rings is 1. The standard InChI is InChI=1S/C6H5F2NO2S/c7-5(8)4(11)6-9-1-3(2-10)12-6/h1-2,4-5,11H. The van der Waals surface area contributed by atoms with E-state index in [2.05, 4.69) is 4.98 Å². The van der Waals surface area contributed by atoms with Gasteiger partial charge in [-0.1, -0.05) is 0 Å². The number of aliphatic hydroxyl groups is 1. The minimum atomic E-state index is -2.87. The second-order valence-corrected chi connectivity index (χ2v) is 3.09. The molecule has 6 heteroatoms. The third-order valence-corrected chi connectivity index (χ3v) is 2.14. The Hall–Kier alpha value is -0.880. The Morgan fingerprint density at radius 3 is 2.75 bits per heavy atom. The van der Waals surface area contributed by atoms with Crippen LogP contribution < -0.4 is 0 Å². The number of carbonyl (C=O) groups is 1. The van der Waals surface area contributed by atoms with Crippen molar-refractivity contribution in [2.45, 2.75) is 12.5 Å². The maximum Gasteiger partial charge on any atom is 0.270 e. The van der Waals surface area contributed by atoms with Gasteiger partial charge in [0.15, 0.2) is 12.4 Å². The van der Waals surface area contributed by atoms with E-state index in [9.17, 15) is 13.6 Å². The minimum absolute atomic E-state index is 0.132. The first kappa shape index (κ1) is 9.21. The minimum Gasteiger partial charge on any atom is -0.380 e. The normalized spacial score (nSPS) is 13.3. The first-order valence-corrected chi connectivity index (χ1v) is 3.84. The summed E-state index contributed by atoms with van der Waals surface area (Å²) in [5, 5.41) is 8.66. The molecule has 0 amide bonds. The molecule has 0 radical (unpaired) electrons. The van der Waals surface area contributed by atoms with Crippen LogP contribution in [0.15, 0.2) is 6.20 Å². The van der Waals surface area contributed by atoms with Crippen molar-refractivity contribution in [3.63, 3.8) is 0 Å². The Morgan fingerprint density at radius 1 is 1.67 bits per heavy atom. The third kappa shape index (κ3) is 1.83. The summed E-state index contributed by atoms with van der Waals surface area (Å²) < 4.78 is 23.7. The van der Waals surface area contributed by atoms with Crippen LogP contribution in [0.25, 0.3) is 0 Å². The van der Waals surface area contributed by atoms with E-state index in [-0.39, 0.29) is 9.88 Å². The van der Waals surface area contributed by atoms with Crippen molar-refractivity contribution in [3.8, 4) is 0 Å². The molecule has 0 aliphatic carbocycles. The molecule has 0 aromatic carbocycles. The lowest BCUT2D eigenvalue weighted by Gasteiger charge is -2.03. The van der Waals surface area contributed by atoms with Crippen molar-refractivity contribution in [2.24, 2.45) is 0 Å². The van der Waals surface area contributed by atoms with Crippen LogP contribution in [0.1, 0.15) is 20.8 Å². The molecule has 0 aliphatic rings. The number of aliphatic hydroxyl groups excluding tert-OH is 1. The molecule has 1 heterocycles. The van der Waals surface area contributed by atoms with Gasteiger partial charge in [0.2, 0.25) is 0 Å². The van der Waals surface area contributed by atoms with Crippen LogP contribution in [0.4, 0.5) is 8.78 Å². The molecule has 1 N–H and O–H groups in total. The van der Waals surface area contributed by atoms with Gasteiger partial charge in [0.1, 0.15) is 5.01 Å². The van der Waals surface area contributed by atoms with E-state index >= 15 is 0 Å². The Labute approximate surface area is 70.7 Å². The number of alkyl halides is 2. The van der Waals surface area contributed by atoms with E-state index in [1.807, 2.05) is 0 Å². The highest BCUT2D eigenvalue weighted by Crippen LogP contribution is 2.23. The first-order valence-electron chi connectivity index (χ1n) is 3.02. The summed E-state index contributed by atoms with van der Waals surface area (Å²) in [6, 6.07) is 0. The molecule has 0 fully saturated rings. The Balaban J connectivity index is 2.81. The fourth-order valence-corrected chi connectivity index (χ4v) is 1.32. The number of hydrogen-bond donors (Lipinski definition) is 1. The Bertz CT molecular complexity index is 276. The van der Waals surface area contributed by atoms with Crippen molar-refractivity contribution >= 4 is 17.6 Å². The number of aldehydes is 1. The number of halogens is 2. The number of carbonyl (C=O) groups excluding carboxylic acids is 1. The molecule has 0 saturated carbocycles. The molecule has 1 atom stereocenters. The number of rotatable bonds is 3. The summed E-state index contributed by atoms with van der Waals surface area (Å²) in [6.45, 7) is 0. The number of nitrogens with zero attached hydrogens (tertiary/aromatic N) is 1. The monoisotopic (exact) mass is 193 g/mol. The number of hydrogen-bond acceptors (Lipinski definition) is 4. The molecule has 0 saturated heterocycles. The van der Waals surface area contributed by atoms with Gasteiger partial charge in [-0.3, -0.25) is 4.79 Å². The molecule has 0 bridgehead atoms. The van der Waals surface area contributed by atoms with Crippen molar-refractivity contribution < 1.29 is 18.7 Å². The van der Waals surface area contributed by atoms with Crippen LogP contribution in [-0.2, 0) is 0 Å². The molecule has 3 nitrogen and oxygen atoms in total. The lowest BCUT2D eigenvalue weighted by Crippen LogP contribution is -2.06. The van der Waals surface area contributed by atoms with Crippen molar-refractivity contribution in [3.05, 3.63) is 16.1 Å². The quantitative estimate of drug-likeness (QED) is 0.735. The average Bonchev–Trinajstić information content (AvgIpc) is 2.50. The van der Waals surface area contributed by atoms with Crippen LogP contribution in [0, 0.1) is 0 Å². The molecular weight excluding hydrogens is 188 g/mol. The van der Waals surface area contributed by atoms with Crippen LogP contribution in [0.3, 0.4) is 0 Å². The SMILES string of the molecule is O=Cc1cnc(C(O)C(F)F)s1. The van der Waals surface area contributed by atoms with Gasteiger partial charge in [0.05, 0.1) is 4.88 Å². The van der Waals surface area contributed by atoms with Crippen LogP contribution in [0.5, 0.6) is 0 Å². The average molecular weight is 193 g/mol. The van der Waals surface area contributed by atoms with E-state index in [0.717, 1.165) is 17.5 Å². The lowest BCUT2D eigenvalue weighted by atomic mass is 10.4. The Kier molecular flexibility index (Phi) is 2.83. The van der Waals surface area contributed by atoms with Crippen molar-refractivity contribution in [2.75, 3.05) is 0 Å². The third-order valence-electron chi connectivity index (χ3n) is 1.15. The summed E-state index contributed by atoms with van der Waals surface area (Å²) >= 11 is 0.760. The second kappa shape index (κ2) is 3.68. The maximum absolute atomic E-state index is 11.9. The summed E-state index contributed by atoms with van der Waals surface area (Å²) in [6.07, 6.45) is -3.10. The summed E-state index contributed by atoms with van der Waals surface area (Å²) in [4.78, 5) is 13.8. The summed E-state index contributed by atoms with van der Waals surface area (Å²) in [5.41, 5.74) is 0. The van der Waals surface area contributed by atoms with Gasteiger partial charge in [-0.15, -0.1) is 11.3 Å². The molecule has 1 aromatic heterocycles. The second-order valence-electron chi connectivity index (χ2n) is 2.00. The number of aromatic nitrogens is 1. The summed E-state index contributed by atoms with van der Waals surface area (Å²) in [5.74, 6) is 0. The molecule has 66 valence electrons. The van der Waals surface area contributed by atoms with E-state index in [1.165, 1.54) is 0 Å². The predicted molar refractivity (Wildman–Crippen MR) is 38.5 cm³/mol. The van der Waals surface area contributed by atoms with Gasteiger partial charge in [-0.05, 0) is 0 Å². The van der Waals surface area contributed by atoms with Gasteiger partial charge in [0.25, 0.3) is 6.43 Å². The fraction of sp³-hybridized carbons (Fsp3) is 0.333. The lowest BCUT2D eigenvalue weighted by molar-refractivity contribution is -0.00588. The van der Waals surface area contributed by atoms with E-state index in [0.29, 0.717) is 6.29 Å². The van der Waals surface area contributed by atoms with Crippen molar-refractivity contribution in [1.29, 1.82) is 0 Å². The zero-order valence-electron chi connectivity index (χ0n) is 5.78. The molecule has 12 heavy (non-hydrogen) atoms. The highest BCUT2D eigenvalue weighted by Gasteiger charge is 2.22. The first-order chi connectivity index (χ1) is 5.65. The molecule has 1 rings (SSSR count). The zero-order valence-corrected chi connectivity index (χ0v) is 6.59. The smallest absolute Gasteiger partial charge is 0.270 e. The Morgan fingerprint density at radius 2 is 2.33 bits per heavy atom. The molecule has 0 aliphatic heterocycles. The predicted octanol–water partition coefficient (Wildman–Crippen LogP) is 1.25. The molecule has 1 aromatic rings. The van der Waals surface area contributed by atoms with Gasteiger partial charge < -0.3 is 5.11 Å². The van der Waals surface area contributed by atoms with Gasteiger partial charge in [-0.2, -0.15) is 0 Å². The van der Waals surface area contributed by atoms with Crippen LogP contribution >= 0.6 is 11.3 Å². The van der Waals surface area contributed by atoms with Gasteiger partial charge >= 0.3 is 0 Å². The molecular formula is C6H5F2NO2S. The van der Waals surface area contributed by atoms with E-state index in [1.54, 1.807) is 0 Å². The van der Waals surface area contributed by atoms with Crippen LogP contribution in [0.2, 0.25) is 0 Å². The van der Waals surface area contributed by atoms with Crippen molar-refractivity contribution in [1.82, 2.24) is 4.98 Å². The highest BCUT2D eigenvalue weighted by molar-refractivity contribution is 7.13. The molecule has 0 spiro atoms. The van der Waals surface area contributed by atoms with Gasteiger partial charge in [0, 0.05) is 6.20 Å². The summed E-state index contributed by atoms with van der Waals surface area (Å²) in [7, 11) is 0. The van der Waals surface area contributed by atoms with E-state index in [4.69, 9.17) is 5.11 Å². The largest absolute Gasteiger partial charge is 0.380 e. The topological polar surface area (TPSA) is 50.2 Å².